The summed E-state index contributed by atoms with van der Waals surface area (Å²) in [5.74, 6) is -1.40. The standard InChI is InChI=1S/C10H14N2O5S2/c1-6-5-8(18-9(6)10(14)15)19(16,17)12-4-3-11-7(2)13/h5,12H,3-4H2,1-2H3,(H,11,13)(H,14,15). The molecule has 1 heterocycles. The van der Waals surface area contributed by atoms with Crippen LogP contribution in [-0.4, -0.2) is 38.5 Å². The summed E-state index contributed by atoms with van der Waals surface area (Å²) in [6, 6.07) is 1.31. The number of amides is 1. The van der Waals surface area contributed by atoms with E-state index in [1.807, 2.05) is 0 Å². The van der Waals surface area contributed by atoms with Crippen LogP contribution in [0, 0.1) is 6.92 Å². The molecule has 7 nitrogen and oxygen atoms in total. The topological polar surface area (TPSA) is 113 Å². The van der Waals surface area contributed by atoms with E-state index in [9.17, 15) is 18.0 Å². The summed E-state index contributed by atoms with van der Waals surface area (Å²) in [6.45, 7) is 3.08. The predicted octanol–water partition coefficient (Wildman–Crippen LogP) is 0.169. The van der Waals surface area contributed by atoms with E-state index < -0.39 is 16.0 Å². The van der Waals surface area contributed by atoms with Crippen LogP contribution in [0.3, 0.4) is 0 Å². The summed E-state index contributed by atoms with van der Waals surface area (Å²) in [5, 5.41) is 11.3. The van der Waals surface area contributed by atoms with Crippen LogP contribution in [0.4, 0.5) is 0 Å². The Kier molecular flexibility index (Phi) is 5.04. The van der Waals surface area contributed by atoms with Crippen LogP contribution in [-0.2, 0) is 14.8 Å². The predicted molar refractivity (Wildman–Crippen MR) is 69.9 cm³/mol. The number of sulfonamides is 1. The Labute approximate surface area is 114 Å². The molecule has 1 aromatic heterocycles. The van der Waals surface area contributed by atoms with Crippen molar-refractivity contribution in [1.29, 1.82) is 0 Å². The van der Waals surface area contributed by atoms with Gasteiger partial charge in [0, 0.05) is 20.0 Å². The maximum absolute atomic E-state index is 11.9. The number of hydrogen-bond acceptors (Lipinski definition) is 5. The highest BCUT2D eigenvalue weighted by atomic mass is 32.2. The Hall–Kier alpha value is -1.45. The maximum atomic E-state index is 11.9. The zero-order valence-corrected chi connectivity index (χ0v) is 12.0. The number of carboxylic acids is 1. The van der Waals surface area contributed by atoms with Gasteiger partial charge in [-0.15, -0.1) is 11.3 Å². The smallest absolute Gasteiger partial charge is 0.346 e. The lowest BCUT2D eigenvalue weighted by Gasteiger charge is -2.04. The molecule has 1 aromatic rings. The van der Waals surface area contributed by atoms with Gasteiger partial charge in [0.15, 0.2) is 0 Å². The molecule has 0 bridgehead atoms. The molecule has 0 atom stereocenters. The molecule has 3 N–H and O–H groups in total. The van der Waals surface area contributed by atoms with Crippen molar-refractivity contribution in [3.63, 3.8) is 0 Å². The van der Waals surface area contributed by atoms with Gasteiger partial charge in [0.25, 0.3) is 0 Å². The average molecular weight is 306 g/mol. The Balaban J connectivity index is 2.75. The van der Waals surface area contributed by atoms with Crippen molar-refractivity contribution >= 4 is 33.2 Å². The molecule has 9 heteroatoms. The van der Waals surface area contributed by atoms with Gasteiger partial charge in [-0.25, -0.2) is 17.9 Å². The molecule has 0 fully saturated rings. The number of carbonyl (C=O) groups is 2. The van der Waals surface area contributed by atoms with Crippen molar-refractivity contribution in [2.24, 2.45) is 0 Å². The van der Waals surface area contributed by atoms with Crippen molar-refractivity contribution in [3.8, 4) is 0 Å². The Morgan fingerprint density at radius 3 is 2.47 bits per heavy atom. The van der Waals surface area contributed by atoms with E-state index >= 15 is 0 Å². The second kappa shape index (κ2) is 6.13. The molecule has 0 aliphatic heterocycles. The van der Waals surface area contributed by atoms with Crippen LogP contribution in [0.15, 0.2) is 10.3 Å². The van der Waals surface area contributed by atoms with E-state index in [1.165, 1.54) is 19.9 Å². The second-order valence-corrected chi connectivity index (χ2v) is 6.81. The highest BCUT2D eigenvalue weighted by Gasteiger charge is 2.21. The zero-order chi connectivity index (χ0) is 14.6. The summed E-state index contributed by atoms with van der Waals surface area (Å²) < 4.78 is 26.0. The summed E-state index contributed by atoms with van der Waals surface area (Å²) in [7, 11) is -3.74. The third-order valence-electron chi connectivity index (χ3n) is 2.15. The summed E-state index contributed by atoms with van der Waals surface area (Å²) in [4.78, 5) is 21.5. The van der Waals surface area contributed by atoms with Crippen molar-refractivity contribution in [2.45, 2.75) is 18.1 Å². The number of hydrogen-bond donors (Lipinski definition) is 3. The minimum absolute atomic E-state index is 0.00207. The van der Waals surface area contributed by atoms with Gasteiger partial charge in [-0.2, -0.15) is 0 Å². The monoisotopic (exact) mass is 306 g/mol. The first-order valence-electron chi connectivity index (χ1n) is 5.32. The highest BCUT2D eigenvalue weighted by molar-refractivity contribution is 7.91. The molecular formula is C10H14N2O5S2. The Morgan fingerprint density at radius 1 is 1.37 bits per heavy atom. The van der Waals surface area contributed by atoms with Crippen LogP contribution >= 0.6 is 11.3 Å². The number of thiophene rings is 1. The third kappa shape index (κ3) is 4.30. The molecule has 0 aliphatic carbocycles. The lowest BCUT2D eigenvalue weighted by atomic mass is 10.3. The first kappa shape index (κ1) is 15.6. The molecule has 19 heavy (non-hydrogen) atoms. The molecule has 0 spiro atoms. The van der Waals surface area contributed by atoms with E-state index in [0.717, 1.165) is 0 Å². The number of aryl methyl sites for hydroxylation is 1. The molecular weight excluding hydrogens is 292 g/mol. The van der Waals surface area contributed by atoms with Crippen LogP contribution in [0.1, 0.15) is 22.2 Å². The van der Waals surface area contributed by atoms with Gasteiger partial charge in [0.2, 0.25) is 15.9 Å². The molecule has 0 saturated carbocycles. The summed E-state index contributed by atoms with van der Waals surface area (Å²) in [5.41, 5.74) is 0.403. The van der Waals surface area contributed by atoms with E-state index in [-0.39, 0.29) is 28.1 Å². The normalized spacial score (nSPS) is 11.3. The maximum Gasteiger partial charge on any atom is 0.346 e. The van der Waals surface area contributed by atoms with Gasteiger partial charge in [-0.1, -0.05) is 0 Å². The number of carbonyl (C=O) groups excluding carboxylic acids is 1. The second-order valence-electron chi connectivity index (χ2n) is 3.76. The molecule has 0 saturated heterocycles. The average Bonchev–Trinajstić information content (AvgIpc) is 2.67. The molecule has 0 aromatic carbocycles. The minimum atomic E-state index is -3.74. The van der Waals surface area contributed by atoms with E-state index in [4.69, 9.17) is 5.11 Å². The lowest BCUT2D eigenvalue weighted by molar-refractivity contribution is -0.118. The van der Waals surface area contributed by atoms with E-state index in [1.54, 1.807) is 0 Å². The van der Waals surface area contributed by atoms with Gasteiger partial charge in [0.1, 0.15) is 9.09 Å². The Morgan fingerprint density at radius 2 is 2.00 bits per heavy atom. The summed E-state index contributed by atoms with van der Waals surface area (Å²) in [6.07, 6.45) is 0. The molecule has 106 valence electrons. The fraction of sp³-hybridized carbons (Fsp3) is 0.400. The molecule has 0 aliphatic rings. The van der Waals surface area contributed by atoms with Gasteiger partial charge in [0.05, 0.1) is 0 Å². The quantitative estimate of drug-likeness (QED) is 0.648. The molecule has 1 rings (SSSR count). The van der Waals surface area contributed by atoms with Crippen molar-refractivity contribution in [3.05, 3.63) is 16.5 Å². The fourth-order valence-electron chi connectivity index (χ4n) is 1.29. The van der Waals surface area contributed by atoms with Crippen molar-refractivity contribution < 1.29 is 23.1 Å². The zero-order valence-electron chi connectivity index (χ0n) is 10.4. The van der Waals surface area contributed by atoms with Gasteiger partial charge < -0.3 is 10.4 Å². The first-order chi connectivity index (χ1) is 8.74. The first-order valence-corrected chi connectivity index (χ1v) is 7.62. The third-order valence-corrected chi connectivity index (χ3v) is 5.31. The van der Waals surface area contributed by atoms with E-state index in [0.29, 0.717) is 16.9 Å². The van der Waals surface area contributed by atoms with E-state index in [2.05, 4.69) is 10.0 Å². The SMILES string of the molecule is CC(=O)NCCNS(=O)(=O)c1cc(C)c(C(=O)O)s1. The highest BCUT2D eigenvalue weighted by Crippen LogP contribution is 2.25. The number of carboxylic acid groups (broad SMARTS) is 1. The Bertz CT molecular complexity index is 591. The van der Waals surface area contributed by atoms with Gasteiger partial charge in [-0.05, 0) is 18.6 Å². The van der Waals surface area contributed by atoms with Crippen LogP contribution in [0.25, 0.3) is 0 Å². The molecule has 1 amide bonds. The van der Waals surface area contributed by atoms with Crippen LogP contribution in [0.2, 0.25) is 0 Å². The summed E-state index contributed by atoms with van der Waals surface area (Å²) >= 11 is 0.702. The molecule has 0 radical (unpaired) electrons. The number of aromatic carboxylic acids is 1. The van der Waals surface area contributed by atoms with Crippen molar-refractivity contribution in [2.75, 3.05) is 13.1 Å². The minimum Gasteiger partial charge on any atom is -0.477 e. The van der Waals surface area contributed by atoms with Crippen molar-refractivity contribution in [1.82, 2.24) is 10.0 Å². The largest absolute Gasteiger partial charge is 0.477 e. The van der Waals surface area contributed by atoms with Crippen LogP contribution in [0.5, 0.6) is 0 Å². The number of rotatable bonds is 6. The number of nitrogens with one attached hydrogen (secondary N) is 2. The van der Waals surface area contributed by atoms with Gasteiger partial charge >= 0.3 is 5.97 Å². The fourth-order valence-corrected chi connectivity index (χ4v) is 3.75. The van der Waals surface area contributed by atoms with Crippen LogP contribution < -0.4 is 10.0 Å². The van der Waals surface area contributed by atoms with Gasteiger partial charge in [-0.3, -0.25) is 4.79 Å². The lowest BCUT2D eigenvalue weighted by Crippen LogP contribution is -2.33. The molecule has 0 unspecified atom stereocenters.